The Balaban J connectivity index is 2.40. The van der Waals surface area contributed by atoms with Gasteiger partial charge in [-0.15, -0.1) is 0 Å². The molecule has 1 unspecified atom stereocenters. The summed E-state index contributed by atoms with van der Waals surface area (Å²) < 4.78 is 0. The third kappa shape index (κ3) is 2.70. The van der Waals surface area contributed by atoms with Gasteiger partial charge in [0.05, 0.1) is 0 Å². The van der Waals surface area contributed by atoms with Gasteiger partial charge in [-0.05, 0) is 44.6 Å². The first-order chi connectivity index (χ1) is 6.02. The van der Waals surface area contributed by atoms with Crippen LogP contribution in [-0.4, -0.2) is 24.0 Å². The van der Waals surface area contributed by atoms with Crippen molar-refractivity contribution in [1.29, 1.82) is 0 Å². The number of hydrogen-bond acceptors (Lipinski definition) is 1. The molecule has 1 heterocycles. The summed E-state index contributed by atoms with van der Waals surface area (Å²) in [5, 5.41) is 0. The molecule has 1 aliphatic rings. The van der Waals surface area contributed by atoms with Crippen LogP contribution in [0.4, 0.5) is 0 Å². The Labute approximate surface area is 83.5 Å². The van der Waals surface area contributed by atoms with Crippen LogP contribution in [0.5, 0.6) is 0 Å². The summed E-state index contributed by atoms with van der Waals surface area (Å²) in [6, 6.07) is 0.740. The van der Waals surface area contributed by atoms with Crippen LogP contribution >= 0.6 is 0 Å². The topological polar surface area (TPSA) is 3.24 Å². The van der Waals surface area contributed by atoms with E-state index in [4.69, 9.17) is 0 Å². The van der Waals surface area contributed by atoms with Gasteiger partial charge in [0.1, 0.15) is 0 Å². The molecule has 1 rings (SSSR count). The Morgan fingerprint density at radius 1 is 1.08 bits per heavy atom. The third-order valence-corrected chi connectivity index (χ3v) is 3.78. The number of hydrogen-bond donors (Lipinski definition) is 0. The molecule has 1 aliphatic heterocycles. The highest BCUT2D eigenvalue weighted by molar-refractivity contribution is 4.81. The van der Waals surface area contributed by atoms with E-state index in [9.17, 15) is 0 Å². The quantitative estimate of drug-likeness (QED) is 0.650. The van der Waals surface area contributed by atoms with Gasteiger partial charge in [-0.25, -0.2) is 0 Å². The molecule has 1 nitrogen and oxygen atoms in total. The molecule has 1 fully saturated rings. The van der Waals surface area contributed by atoms with Crippen LogP contribution in [-0.2, 0) is 0 Å². The average Bonchev–Trinajstić information content (AvgIpc) is 2.50. The van der Waals surface area contributed by atoms with Gasteiger partial charge in [-0.3, -0.25) is 0 Å². The molecule has 0 bridgehead atoms. The van der Waals surface area contributed by atoms with Gasteiger partial charge in [0.25, 0.3) is 0 Å². The van der Waals surface area contributed by atoms with Crippen molar-refractivity contribution in [2.24, 2.45) is 17.8 Å². The molecule has 0 saturated carbocycles. The van der Waals surface area contributed by atoms with Crippen molar-refractivity contribution >= 4 is 0 Å². The van der Waals surface area contributed by atoms with E-state index < -0.39 is 0 Å². The van der Waals surface area contributed by atoms with E-state index >= 15 is 0 Å². The molecule has 0 aromatic heterocycles. The van der Waals surface area contributed by atoms with Crippen LogP contribution in [0.15, 0.2) is 0 Å². The molecule has 1 saturated heterocycles. The van der Waals surface area contributed by atoms with Gasteiger partial charge in [-0.2, -0.15) is 0 Å². The normalized spacial score (nSPS) is 27.5. The van der Waals surface area contributed by atoms with E-state index in [0.717, 1.165) is 23.8 Å². The first kappa shape index (κ1) is 11.0. The summed E-state index contributed by atoms with van der Waals surface area (Å²) in [6.45, 7) is 14.4. The van der Waals surface area contributed by atoms with Crippen molar-refractivity contribution < 1.29 is 0 Å². The molecule has 2 atom stereocenters. The highest BCUT2D eigenvalue weighted by atomic mass is 15.2. The maximum Gasteiger partial charge on any atom is 0.00387 e. The second-order valence-electron chi connectivity index (χ2n) is 5.24. The Bertz CT molecular complexity index is 151. The van der Waals surface area contributed by atoms with E-state index in [0.29, 0.717) is 0 Å². The zero-order valence-electron chi connectivity index (χ0n) is 9.88. The lowest BCUT2D eigenvalue weighted by atomic mass is 9.84. The second-order valence-corrected chi connectivity index (χ2v) is 5.24. The SMILES string of the molecule is CC(C)C(C)[C@@H]1CCN(C(C)C)C1. The minimum atomic E-state index is 0.740. The molecule has 0 N–H and O–H groups in total. The highest BCUT2D eigenvalue weighted by Crippen LogP contribution is 2.29. The van der Waals surface area contributed by atoms with Crippen LogP contribution in [0, 0.1) is 17.8 Å². The lowest BCUT2D eigenvalue weighted by Crippen LogP contribution is -2.29. The predicted molar refractivity (Wildman–Crippen MR) is 58.8 cm³/mol. The molecule has 0 aliphatic carbocycles. The maximum absolute atomic E-state index is 2.61. The number of nitrogens with zero attached hydrogens (tertiary/aromatic N) is 1. The molecule has 0 radical (unpaired) electrons. The third-order valence-electron chi connectivity index (χ3n) is 3.78. The fourth-order valence-corrected chi connectivity index (χ4v) is 2.26. The molecule has 0 aromatic rings. The Morgan fingerprint density at radius 3 is 2.08 bits per heavy atom. The summed E-state index contributed by atoms with van der Waals surface area (Å²) >= 11 is 0. The Kier molecular flexibility index (Phi) is 3.78. The van der Waals surface area contributed by atoms with Gasteiger partial charge < -0.3 is 4.90 Å². The van der Waals surface area contributed by atoms with E-state index in [-0.39, 0.29) is 0 Å². The summed E-state index contributed by atoms with van der Waals surface area (Å²) in [5.74, 6) is 2.68. The zero-order valence-corrected chi connectivity index (χ0v) is 9.88. The molecular weight excluding hydrogens is 158 g/mol. The minimum absolute atomic E-state index is 0.740. The smallest absolute Gasteiger partial charge is 0.00387 e. The van der Waals surface area contributed by atoms with E-state index in [1.54, 1.807) is 0 Å². The van der Waals surface area contributed by atoms with Crippen LogP contribution in [0.1, 0.15) is 41.0 Å². The standard InChI is InChI=1S/C12H25N/c1-9(2)11(5)12-6-7-13(8-12)10(3)4/h9-12H,6-8H2,1-5H3/t11?,12-/m1/s1. The van der Waals surface area contributed by atoms with Crippen molar-refractivity contribution in [3.05, 3.63) is 0 Å². The fourth-order valence-electron chi connectivity index (χ4n) is 2.26. The Morgan fingerprint density at radius 2 is 1.69 bits per heavy atom. The molecule has 0 spiro atoms. The van der Waals surface area contributed by atoms with Gasteiger partial charge in [0, 0.05) is 12.6 Å². The van der Waals surface area contributed by atoms with E-state index in [2.05, 4.69) is 39.5 Å². The van der Waals surface area contributed by atoms with Crippen molar-refractivity contribution in [3.63, 3.8) is 0 Å². The summed E-state index contributed by atoms with van der Waals surface area (Å²) in [4.78, 5) is 2.61. The summed E-state index contributed by atoms with van der Waals surface area (Å²) in [5.41, 5.74) is 0. The van der Waals surface area contributed by atoms with Gasteiger partial charge in [0.2, 0.25) is 0 Å². The largest absolute Gasteiger partial charge is 0.301 e. The van der Waals surface area contributed by atoms with Crippen molar-refractivity contribution in [2.45, 2.75) is 47.1 Å². The summed E-state index contributed by atoms with van der Waals surface area (Å²) in [7, 11) is 0. The van der Waals surface area contributed by atoms with Crippen molar-refractivity contribution in [3.8, 4) is 0 Å². The predicted octanol–water partition coefficient (Wildman–Crippen LogP) is 3.01. The van der Waals surface area contributed by atoms with Gasteiger partial charge in [0.15, 0.2) is 0 Å². The molecule has 13 heavy (non-hydrogen) atoms. The van der Waals surface area contributed by atoms with Crippen LogP contribution in [0.3, 0.4) is 0 Å². The minimum Gasteiger partial charge on any atom is -0.301 e. The van der Waals surface area contributed by atoms with Crippen LogP contribution in [0.25, 0.3) is 0 Å². The molecule has 1 heteroatoms. The Hall–Kier alpha value is -0.0400. The van der Waals surface area contributed by atoms with Crippen LogP contribution in [0.2, 0.25) is 0 Å². The van der Waals surface area contributed by atoms with E-state index in [1.807, 2.05) is 0 Å². The highest BCUT2D eigenvalue weighted by Gasteiger charge is 2.29. The zero-order chi connectivity index (χ0) is 10.0. The molecular formula is C12H25N. The maximum atomic E-state index is 2.61. The molecule has 78 valence electrons. The van der Waals surface area contributed by atoms with Crippen molar-refractivity contribution in [1.82, 2.24) is 4.90 Å². The summed E-state index contributed by atoms with van der Waals surface area (Å²) in [6.07, 6.45) is 1.41. The number of likely N-dealkylation sites (tertiary alicyclic amines) is 1. The first-order valence-corrected chi connectivity index (χ1v) is 5.76. The van der Waals surface area contributed by atoms with Crippen LogP contribution < -0.4 is 0 Å². The monoisotopic (exact) mass is 183 g/mol. The van der Waals surface area contributed by atoms with Gasteiger partial charge >= 0.3 is 0 Å². The molecule has 0 aromatic carbocycles. The number of rotatable bonds is 3. The van der Waals surface area contributed by atoms with Crippen molar-refractivity contribution in [2.75, 3.05) is 13.1 Å². The fraction of sp³-hybridized carbons (Fsp3) is 1.00. The lowest BCUT2D eigenvalue weighted by Gasteiger charge is -2.25. The van der Waals surface area contributed by atoms with E-state index in [1.165, 1.54) is 19.5 Å². The molecule has 0 amide bonds. The van der Waals surface area contributed by atoms with Gasteiger partial charge in [-0.1, -0.05) is 20.8 Å². The first-order valence-electron chi connectivity index (χ1n) is 5.76. The average molecular weight is 183 g/mol. The lowest BCUT2D eigenvalue weighted by molar-refractivity contribution is 0.229. The second kappa shape index (κ2) is 4.45.